The largest absolute Gasteiger partial charge is 0.455 e. The number of rotatable bonds is 2. The summed E-state index contributed by atoms with van der Waals surface area (Å²) in [7, 11) is 0. The van der Waals surface area contributed by atoms with Crippen LogP contribution in [-0.4, -0.2) is 4.98 Å². The topological polar surface area (TPSA) is 26.0 Å². The van der Waals surface area contributed by atoms with Crippen molar-refractivity contribution in [1.29, 1.82) is 0 Å². The number of furan rings is 1. The van der Waals surface area contributed by atoms with Gasteiger partial charge in [-0.2, -0.15) is 0 Å². The highest BCUT2D eigenvalue weighted by molar-refractivity contribution is 7.19. The van der Waals surface area contributed by atoms with Crippen LogP contribution in [0.5, 0.6) is 0 Å². The lowest BCUT2D eigenvalue weighted by Gasteiger charge is -2.18. The second-order valence-corrected chi connectivity index (χ2v) is 9.62. The molecule has 3 heterocycles. The molecule has 0 N–H and O–H groups in total. The van der Waals surface area contributed by atoms with E-state index >= 15 is 0 Å². The van der Waals surface area contributed by atoms with Crippen LogP contribution < -0.4 is 0 Å². The average Bonchev–Trinajstić information content (AvgIpc) is 3.23. The average molecular weight is 388 g/mol. The van der Waals surface area contributed by atoms with Crippen LogP contribution in [0.25, 0.3) is 43.3 Å². The zero-order valence-corrected chi connectivity index (χ0v) is 17.3. The van der Waals surface area contributed by atoms with Gasteiger partial charge < -0.3 is 4.42 Å². The van der Waals surface area contributed by atoms with Gasteiger partial charge >= 0.3 is 0 Å². The Morgan fingerprint density at radius 3 is 2.75 bits per heavy atom. The molecule has 0 aliphatic rings. The third-order valence-corrected chi connectivity index (χ3v) is 5.83. The van der Waals surface area contributed by atoms with Gasteiger partial charge in [-0.25, -0.2) is 0 Å². The van der Waals surface area contributed by atoms with Crippen molar-refractivity contribution in [2.24, 2.45) is 5.41 Å². The van der Waals surface area contributed by atoms with Crippen molar-refractivity contribution in [2.45, 2.75) is 34.1 Å². The molecule has 0 saturated heterocycles. The number of aromatic nitrogens is 1. The molecule has 0 aliphatic heterocycles. The number of para-hydroxylation sites is 1. The van der Waals surface area contributed by atoms with E-state index in [9.17, 15) is 0 Å². The summed E-state index contributed by atoms with van der Waals surface area (Å²) in [6.45, 7) is 7.87. The first-order valence-electron chi connectivity index (χ1n) is 10.5. The van der Waals surface area contributed by atoms with E-state index in [0.717, 1.165) is 33.2 Å². The van der Waals surface area contributed by atoms with Crippen LogP contribution in [-0.2, 0) is 6.37 Å². The molecule has 28 heavy (non-hydrogen) atoms. The molecule has 0 saturated carbocycles. The van der Waals surface area contributed by atoms with E-state index in [1.807, 2.05) is 39.0 Å². The van der Waals surface area contributed by atoms with Crippen molar-refractivity contribution in [2.75, 3.05) is 0 Å². The Kier molecular flexibility index (Phi) is 3.38. The van der Waals surface area contributed by atoms with Crippen LogP contribution in [0.4, 0.5) is 0 Å². The lowest BCUT2D eigenvalue weighted by atomic mass is 9.88. The zero-order chi connectivity index (χ0) is 21.3. The monoisotopic (exact) mass is 387 g/mol. The molecule has 0 spiro atoms. The summed E-state index contributed by atoms with van der Waals surface area (Å²) < 4.78 is 24.8. The summed E-state index contributed by atoms with van der Waals surface area (Å²) in [6, 6.07) is 16.2. The molecule has 2 aromatic carbocycles. The molecule has 5 aromatic rings. The lowest BCUT2D eigenvalue weighted by Crippen LogP contribution is -2.09. The minimum absolute atomic E-state index is 0.527. The molecule has 140 valence electrons. The Morgan fingerprint density at radius 1 is 1.07 bits per heavy atom. The molecule has 2 nitrogen and oxygen atoms in total. The second kappa shape index (κ2) is 6.18. The summed E-state index contributed by atoms with van der Waals surface area (Å²) >= 11 is 1.79. The van der Waals surface area contributed by atoms with Gasteiger partial charge in [0.25, 0.3) is 0 Å². The fourth-order valence-corrected chi connectivity index (χ4v) is 4.70. The molecular weight excluding hydrogens is 362 g/mol. The van der Waals surface area contributed by atoms with E-state index in [1.165, 1.54) is 15.0 Å². The molecule has 0 bridgehead atoms. The van der Waals surface area contributed by atoms with E-state index < -0.39 is 11.8 Å². The molecule has 3 heteroatoms. The highest BCUT2D eigenvalue weighted by Crippen LogP contribution is 2.38. The van der Waals surface area contributed by atoms with Gasteiger partial charge in [0.1, 0.15) is 11.2 Å². The van der Waals surface area contributed by atoms with Crippen molar-refractivity contribution >= 4 is 43.4 Å². The van der Waals surface area contributed by atoms with E-state index in [1.54, 1.807) is 23.6 Å². The van der Waals surface area contributed by atoms with Gasteiger partial charge in [0.05, 0.1) is 5.69 Å². The van der Waals surface area contributed by atoms with Gasteiger partial charge in [-0.3, -0.25) is 4.98 Å². The van der Waals surface area contributed by atoms with Gasteiger partial charge in [-0.05, 0) is 66.1 Å². The number of pyridine rings is 1. The zero-order valence-electron chi connectivity index (χ0n) is 18.5. The van der Waals surface area contributed by atoms with Crippen molar-refractivity contribution in [3.8, 4) is 11.3 Å². The normalized spacial score (nSPS) is 14.0. The molecule has 5 rings (SSSR count). The van der Waals surface area contributed by atoms with Gasteiger partial charge in [0.2, 0.25) is 0 Å². The van der Waals surface area contributed by atoms with Crippen LogP contribution in [0.15, 0.2) is 59.1 Å². The van der Waals surface area contributed by atoms with E-state index in [2.05, 4.69) is 36.2 Å². The highest BCUT2D eigenvalue weighted by atomic mass is 32.1. The Morgan fingerprint density at radius 2 is 1.93 bits per heavy atom. The minimum Gasteiger partial charge on any atom is -0.455 e. The number of benzene rings is 2. The first-order valence-corrected chi connectivity index (χ1v) is 10.3. The summed E-state index contributed by atoms with van der Waals surface area (Å²) in [5.41, 5.74) is 3.37. The maximum Gasteiger partial charge on any atom is 0.144 e. The molecule has 0 amide bonds. The second-order valence-electron chi connectivity index (χ2n) is 8.33. The summed E-state index contributed by atoms with van der Waals surface area (Å²) in [4.78, 5) is 5.85. The fourth-order valence-electron chi connectivity index (χ4n) is 3.75. The predicted octanol–water partition coefficient (Wildman–Crippen LogP) is 7.76. The Hall–Kier alpha value is -2.65. The van der Waals surface area contributed by atoms with Crippen molar-refractivity contribution in [3.63, 3.8) is 0 Å². The maximum atomic E-state index is 8.63. The maximum absolute atomic E-state index is 8.63. The van der Waals surface area contributed by atoms with Gasteiger partial charge in [0, 0.05) is 34.9 Å². The lowest BCUT2D eigenvalue weighted by molar-refractivity contribution is 0.411. The number of thiophene rings is 1. The number of nitrogens with zero attached hydrogens (tertiary/aromatic N) is 1. The van der Waals surface area contributed by atoms with Crippen LogP contribution >= 0.6 is 11.3 Å². The summed E-state index contributed by atoms with van der Waals surface area (Å²) in [5, 5.41) is 3.35. The van der Waals surface area contributed by atoms with E-state index in [4.69, 9.17) is 7.16 Å². The minimum atomic E-state index is -1.48. The molecule has 0 atom stereocenters. The summed E-state index contributed by atoms with van der Waals surface area (Å²) in [5.74, 6) is 0. The SMILES string of the molecule is [2H]C([2H])(c1ccnc(-c2cccc3c2oc2cc4cc(C)sc4cc23)c1)C(C)(C)C. The number of aryl methyl sites for hydroxylation is 1. The van der Waals surface area contributed by atoms with Crippen LogP contribution in [0.2, 0.25) is 0 Å². The van der Waals surface area contributed by atoms with Gasteiger partial charge in [0.15, 0.2) is 0 Å². The molecule has 0 unspecified atom stereocenters. The third kappa shape index (κ3) is 3.00. The quantitative estimate of drug-likeness (QED) is 0.309. The van der Waals surface area contributed by atoms with Crippen molar-refractivity contribution in [3.05, 3.63) is 65.2 Å². The van der Waals surface area contributed by atoms with Gasteiger partial charge in [-0.1, -0.05) is 32.9 Å². The molecule has 0 aliphatic carbocycles. The van der Waals surface area contributed by atoms with Crippen molar-refractivity contribution < 1.29 is 7.16 Å². The Labute approximate surface area is 171 Å². The third-order valence-electron chi connectivity index (χ3n) is 4.81. The standard InChI is InChI=1S/C25H23NOS/c1-15-10-17-12-22-20(13-23(17)28-15)18-6-5-7-19(24(18)27-22)21-11-16(8-9-26-21)14-25(2,3)4/h5-13H,14H2,1-4H3/i14D2. The molecule has 3 aromatic heterocycles. The van der Waals surface area contributed by atoms with Crippen LogP contribution in [0.1, 0.15) is 34.0 Å². The first kappa shape index (κ1) is 15.3. The molecule has 0 radical (unpaired) electrons. The van der Waals surface area contributed by atoms with Crippen LogP contribution in [0, 0.1) is 12.3 Å². The predicted molar refractivity (Wildman–Crippen MR) is 120 cm³/mol. The number of hydrogen-bond donors (Lipinski definition) is 0. The molecular formula is C25H23NOS. The first-order chi connectivity index (χ1) is 14.1. The Bertz CT molecular complexity index is 1420. The Balaban J connectivity index is 1.73. The number of fused-ring (bicyclic) bond motifs is 4. The van der Waals surface area contributed by atoms with Crippen LogP contribution in [0.3, 0.4) is 0 Å². The highest BCUT2D eigenvalue weighted by Gasteiger charge is 2.16. The van der Waals surface area contributed by atoms with E-state index in [0.29, 0.717) is 5.56 Å². The fraction of sp³-hybridized carbons (Fsp3) is 0.240. The van der Waals surface area contributed by atoms with Gasteiger partial charge in [-0.15, -0.1) is 11.3 Å². The molecule has 0 fully saturated rings. The smallest absolute Gasteiger partial charge is 0.144 e. The summed E-state index contributed by atoms with van der Waals surface area (Å²) in [6.07, 6.45) is 0.211. The van der Waals surface area contributed by atoms with Crippen molar-refractivity contribution in [1.82, 2.24) is 4.98 Å². The number of hydrogen-bond acceptors (Lipinski definition) is 3. The van der Waals surface area contributed by atoms with E-state index in [-0.39, 0.29) is 0 Å².